The molecule has 4 nitrogen and oxygen atoms in total. The summed E-state index contributed by atoms with van der Waals surface area (Å²) in [5, 5.41) is 0. The van der Waals surface area contributed by atoms with Crippen LogP contribution in [-0.4, -0.2) is 36.3 Å². The highest BCUT2D eigenvalue weighted by Crippen LogP contribution is 2.46. The predicted molar refractivity (Wildman–Crippen MR) is 130 cm³/mol. The summed E-state index contributed by atoms with van der Waals surface area (Å²) >= 11 is 1.17. The van der Waals surface area contributed by atoms with Crippen molar-refractivity contribution < 1.29 is 13.9 Å². The van der Waals surface area contributed by atoms with E-state index >= 15 is 0 Å². The third kappa shape index (κ3) is 4.77. The molecular weight excluding hydrogens is 435 g/mol. The van der Waals surface area contributed by atoms with Crippen LogP contribution >= 0.6 is 11.9 Å². The van der Waals surface area contributed by atoms with Gasteiger partial charge < -0.3 is 4.74 Å². The molecule has 1 saturated carbocycles. The number of hydrogen-bond acceptors (Lipinski definition) is 4. The van der Waals surface area contributed by atoms with E-state index < -0.39 is 11.7 Å². The molecule has 1 aliphatic carbocycles. The molecule has 1 aliphatic heterocycles. The maximum Gasteiger partial charge on any atom is 0.264 e. The number of nitrogens with one attached hydrogen (secondary N) is 1. The zero-order valence-corrected chi connectivity index (χ0v) is 19.4. The number of carbonyl (C=O) groups excluding carboxylic acids is 1. The number of ether oxygens (including phenoxy) is 1. The summed E-state index contributed by atoms with van der Waals surface area (Å²) < 4.78 is 23.7. The second-order valence-corrected chi connectivity index (χ2v) is 9.31. The van der Waals surface area contributed by atoms with Gasteiger partial charge in [0.2, 0.25) is 0 Å². The molecular formula is C27H27FN2O2S. The first-order valence-electron chi connectivity index (χ1n) is 11.3. The van der Waals surface area contributed by atoms with Crippen molar-refractivity contribution in [2.75, 3.05) is 19.3 Å². The first-order valence-corrected chi connectivity index (χ1v) is 12.5. The van der Waals surface area contributed by atoms with Crippen LogP contribution in [0, 0.1) is 5.82 Å². The summed E-state index contributed by atoms with van der Waals surface area (Å²) in [4.78, 5) is 14.6. The van der Waals surface area contributed by atoms with Gasteiger partial charge in [-0.25, -0.2) is 4.39 Å². The maximum atomic E-state index is 14.7. The molecule has 3 aromatic rings. The third-order valence-electron chi connectivity index (χ3n) is 6.32. The number of hydrogen-bond donors (Lipinski definition) is 1. The van der Waals surface area contributed by atoms with Gasteiger partial charge in [0, 0.05) is 25.4 Å². The Morgan fingerprint density at radius 2 is 1.64 bits per heavy atom. The average molecular weight is 463 g/mol. The van der Waals surface area contributed by atoms with E-state index in [1.165, 1.54) is 29.1 Å². The van der Waals surface area contributed by atoms with Crippen LogP contribution in [0.15, 0.2) is 72.8 Å². The molecule has 0 aromatic heterocycles. The summed E-state index contributed by atoms with van der Waals surface area (Å²) in [5.41, 5.74) is 3.53. The number of halogens is 1. The fraction of sp³-hybridized carbons (Fsp3) is 0.296. The Bertz CT molecular complexity index is 1080. The Morgan fingerprint density at radius 1 is 1.03 bits per heavy atom. The Morgan fingerprint density at radius 3 is 2.18 bits per heavy atom. The van der Waals surface area contributed by atoms with Crippen LogP contribution in [0.1, 0.15) is 51.8 Å². The number of likely N-dealkylation sites (tertiary alicyclic amines) is 1. The topological polar surface area (TPSA) is 41.6 Å². The highest BCUT2D eigenvalue weighted by atomic mass is 32.2. The fourth-order valence-corrected chi connectivity index (χ4v) is 4.82. The summed E-state index contributed by atoms with van der Waals surface area (Å²) in [5.74, 6) is -0.0178. The first-order chi connectivity index (χ1) is 16.1. The van der Waals surface area contributed by atoms with Crippen LogP contribution in [0.4, 0.5) is 4.39 Å². The Kier molecular flexibility index (Phi) is 6.38. The standard InChI is InChI=1S/C27H27FN2O2S/c1-33-29-27(31)23-14-22(18-12-13-18)25(15-24(23)28)32-21-16-30(17-21)26(19-8-4-2-5-9-19)20-10-6-3-7-11-20/h2-11,14-15,18,21,26H,12-13,16-17H2,1H3,(H,29,31). The van der Waals surface area contributed by atoms with Crippen LogP contribution < -0.4 is 9.46 Å². The van der Waals surface area contributed by atoms with Crippen LogP contribution in [0.25, 0.3) is 0 Å². The lowest BCUT2D eigenvalue weighted by Gasteiger charge is -2.44. The largest absolute Gasteiger partial charge is 0.487 e. The maximum absolute atomic E-state index is 14.7. The molecule has 0 radical (unpaired) electrons. The van der Waals surface area contributed by atoms with E-state index in [1.54, 1.807) is 12.3 Å². The molecule has 1 saturated heterocycles. The van der Waals surface area contributed by atoms with Crippen molar-refractivity contribution in [3.05, 3.63) is 101 Å². The number of amides is 1. The van der Waals surface area contributed by atoms with Crippen molar-refractivity contribution in [2.24, 2.45) is 0 Å². The van der Waals surface area contributed by atoms with Gasteiger partial charge in [-0.3, -0.25) is 14.4 Å². The van der Waals surface area contributed by atoms with Gasteiger partial charge in [-0.05, 0) is 41.5 Å². The van der Waals surface area contributed by atoms with E-state index in [0.717, 1.165) is 31.5 Å². The molecule has 1 N–H and O–H groups in total. The molecule has 6 heteroatoms. The van der Waals surface area contributed by atoms with Crippen molar-refractivity contribution in [1.29, 1.82) is 0 Å². The zero-order valence-electron chi connectivity index (χ0n) is 18.5. The summed E-state index contributed by atoms with van der Waals surface area (Å²) in [7, 11) is 0. The Balaban J connectivity index is 1.33. The van der Waals surface area contributed by atoms with Crippen molar-refractivity contribution >= 4 is 17.9 Å². The van der Waals surface area contributed by atoms with Crippen molar-refractivity contribution in [1.82, 2.24) is 9.62 Å². The first kappa shape index (κ1) is 22.0. The number of rotatable bonds is 8. The highest BCUT2D eigenvalue weighted by Gasteiger charge is 2.37. The summed E-state index contributed by atoms with van der Waals surface area (Å²) in [6.07, 6.45) is 3.83. The van der Waals surface area contributed by atoms with Crippen molar-refractivity contribution in [3.63, 3.8) is 0 Å². The van der Waals surface area contributed by atoms with Gasteiger partial charge in [-0.2, -0.15) is 0 Å². The average Bonchev–Trinajstić information content (AvgIpc) is 3.64. The molecule has 0 unspecified atom stereocenters. The van der Waals surface area contributed by atoms with Crippen LogP contribution in [0.5, 0.6) is 5.75 Å². The molecule has 0 bridgehead atoms. The van der Waals surface area contributed by atoms with E-state index in [-0.39, 0.29) is 17.7 Å². The highest BCUT2D eigenvalue weighted by molar-refractivity contribution is 7.97. The van der Waals surface area contributed by atoms with E-state index in [0.29, 0.717) is 11.7 Å². The SMILES string of the molecule is CSNC(=O)c1cc(C2CC2)c(OC2CN(C(c3ccccc3)c3ccccc3)C2)cc1F. The molecule has 33 heavy (non-hydrogen) atoms. The lowest BCUT2D eigenvalue weighted by Crippen LogP contribution is -2.55. The molecule has 0 atom stereocenters. The van der Waals surface area contributed by atoms with Gasteiger partial charge in [0.05, 0.1) is 11.6 Å². The van der Waals surface area contributed by atoms with Gasteiger partial charge in [-0.15, -0.1) is 0 Å². The minimum absolute atomic E-state index is 0.0114. The zero-order chi connectivity index (χ0) is 22.8. The number of carbonyl (C=O) groups is 1. The molecule has 2 aliphatic rings. The van der Waals surface area contributed by atoms with Gasteiger partial charge >= 0.3 is 0 Å². The minimum atomic E-state index is -0.538. The monoisotopic (exact) mass is 462 g/mol. The Labute approximate surface area is 198 Å². The molecule has 2 fully saturated rings. The van der Waals surface area contributed by atoms with Crippen LogP contribution in [-0.2, 0) is 0 Å². The van der Waals surface area contributed by atoms with Gasteiger partial charge in [-0.1, -0.05) is 72.6 Å². The number of benzene rings is 3. The van der Waals surface area contributed by atoms with E-state index in [2.05, 4.69) is 58.2 Å². The normalized spacial score (nSPS) is 16.5. The van der Waals surface area contributed by atoms with E-state index in [1.807, 2.05) is 12.1 Å². The summed E-state index contributed by atoms with van der Waals surface area (Å²) in [6, 6.07) is 24.2. The van der Waals surface area contributed by atoms with Gasteiger partial charge in [0.1, 0.15) is 17.7 Å². The van der Waals surface area contributed by atoms with Crippen LogP contribution in [0.3, 0.4) is 0 Å². The van der Waals surface area contributed by atoms with Gasteiger partial charge in [0.25, 0.3) is 5.91 Å². The number of nitrogens with zero attached hydrogens (tertiary/aromatic N) is 1. The van der Waals surface area contributed by atoms with Gasteiger partial charge in [0.15, 0.2) is 0 Å². The molecule has 5 rings (SSSR count). The predicted octanol–water partition coefficient (Wildman–Crippen LogP) is 5.56. The van der Waals surface area contributed by atoms with Crippen molar-refractivity contribution in [2.45, 2.75) is 30.9 Å². The fourth-order valence-electron chi connectivity index (χ4n) is 4.53. The quantitative estimate of drug-likeness (QED) is 0.445. The molecule has 3 aromatic carbocycles. The van der Waals surface area contributed by atoms with E-state index in [4.69, 9.17) is 4.74 Å². The molecule has 1 heterocycles. The molecule has 170 valence electrons. The Hall–Kier alpha value is -2.83. The van der Waals surface area contributed by atoms with Crippen molar-refractivity contribution in [3.8, 4) is 5.75 Å². The lowest BCUT2D eigenvalue weighted by molar-refractivity contribution is -0.000361. The molecule has 1 amide bonds. The summed E-state index contributed by atoms with van der Waals surface area (Å²) in [6.45, 7) is 1.52. The van der Waals surface area contributed by atoms with Crippen LogP contribution in [0.2, 0.25) is 0 Å². The second-order valence-electron chi connectivity index (χ2n) is 8.70. The smallest absolute Gasteiger partial charge is 0.264 e. The third-order valence-corrected chi connectivity index (χ3v) is 6.71. The second kappa shape index (κ2) is 9.57. The molecule has 0 spiro atoms. The minimum Gasteiger partial charge on any atom is -0.487 e. The van der Waals surface area contributed by atoms with E-state index in [9.17, 15) is 9.18 Å². The lowest BCUT2D eigenvalue weighted by atomic mass is 9.94.